The smallest absolute Gasteiger partial charge is 0.271 e. The highest BCUT2D eigenvalue weighted by Gasteiger charge is 2.16. The van der Waals surface area contributed by atoms with E-state index < -0.39 is 4.92 Å². The molecule has 9 heteroatoms. The van der Waals surface area contributed by atoms with Crippen LogP contribution in [0.25, 0.3) is 10.6 Å². The number of non-ortho nitro benzene ring substituents is 1. The van der Waals surface area contributed by atoms with Crippen molar-refractivity contribution >= 4 is 28.6 Å². The van der Waals surface area contributed by atoms with Gasteiger partial charge in [0.25, 0.3) is 5.69 Å². The second kappa shape index (κ2) is 9.16. The quantitative estimate of drug-likeness (QED) is 0.436. The van der Waals surface area contributed by atoms with E-state index in [-0.39, 0.29) is 23.7 Å². The fraction of sp³-hybridized carbons (Fsp3) is 0.200. The number of nitro benzene ring substituents is 1. The van der Waals surface area contributed by atoms with Gasteiger partial charge in [-0.1, -0.05) is 12.1 Å². The first-order valence-electron chi connectivity index (χ1n) is 8.80. The minimum atomic E-state index is -0.530. The van der Waals surface area contributed by atoms with Gasteiger partial charge in [-0.2, -0.15) is 0 Å². The molecule has 0 spiro atoms. The predicted molar refractivity (Wildman–Crippen MR) is 111 cm³/mol. The molecular formula is C20H19N3O5S. The number of hydrogen-bond donors (Lipinski definition) is 1. The zero-order valence-corrected chi connectivity index (χ0v) is 16.7. The fourth-order valence-electron chi connectivity index (χ4n) is 2.70. The molecule has 3 aromatic rings. The fourth-order valence-corrected chi connectivity index (χ4v) is 3.55. The molecule has 0 radical (unpaired) electrons. The number of benzene rings is 2. The topological polar surface area (TPSA) is 104 Å². The third-order valence-electron chi connectivity index (χ3n) is 3.98. The van der Waals surface area contributed by atoms with E-state index in [1.165, 1.54) is 36.6 Å². The van der Waals surface area contributed by atoms with Crippen LogP contribution in [0.5, 0.6) is 11.5 Å². The molecule has 0 saturated carbocycles. The number of ether oxygens (including phenoxy) is 2. The number of nitrogens with zero attached hydrogens (tertiary/aromatic N) is 2. The molecule has 150 valence electrons. The molecule has 0 atom stereocenters. The number of carbonyl (C=O) groups excluding carboxylic acids is 1. The third kappa shape index (κ3) is 4.88. The van der Waals surface area contributed by atoms with Crippen LogP contribution < -0.4 is 14.8 Å². The van der Waals surface area contributed by atoms with Crippen LogP contribution in [-0.4, -0.2) is 29.5 Å². The number of amides is 1. The molecule has 2 aromatic carbocycles. The molecule has 0 aliphatic carbocycles. The highest BCUT2D eigenvalue weighted by atomic mass is 32.1. The van der Waals surface area contributed by atoms with Crippen molar-refractivity contribution in [1.29, 1.82) is 0 Å². The van der Waals surface area contributed by atoms with Crippen molar-refractivity contribution in [1.82, 2.24) is 4.98 Å². The third-order valence-corrected chi connectivity index (χ3v) is 4.90. The standard InChI is InChI=1S/C20H19N3O5S/c1-3-28-17-7-5-4-6-15(17)20-21-13(12-29-20)10-19(24)22-16-11-14(23(25)26)8-9-18(16)27-2/h4-9,11-12H,3,10H2,1-2H3,(H,22,24). The Morgan fingerprint density at radius 2 is 2.03 bits per heavy atom. The predicted octanol–water partition coefficient (Wildman–Crippen LogP) is 4.31. The Bertz CT molecular complexity index is 1030. The van der Waals surface area contributed by atoms with Crippen molar-refractivity contribution in [2.75, 3.05) is 19.0 Å². The van der Waals surface area contributed by atoms with Crippen LogP contribution in [0.2, 0.25) is 0 Å². The van der Waals surface area contributed by atoms with Gasteiger partial charge in [0, 0.05) is 17.5 Å². The number of rotatable bonds is 8. The maximum absolute atomic E-state index is 12.4. The minimum Gasteiger partial charge on any atom is -0.495 e. The molecule has 0 aliphatic heterocycles. The van der Waals surface area contributed by atoms with Gasteiger partial charge in [-0.25, -0.2) is 4.98 Å². The molecular weight excluding hydrogens is 394 g/mol. The lowest BCUT2D eigenvalue weighted by molar-refractivity contribution is -0.384. The highest BCUT2D eigenvalue weighted by molar-refractivity contribution is 7.13. The van der Waals surface area contributed by atoms with Crippen LogP contribution >= 0.6 is 11.3 Å². The van der Waals surface area contributed by atoms with Gasteiger partial charge >= 0.3 is 0 Å². The van der Waals surface area contributed by atoms with Gasteiger partial charge in [-0.05, 0) is 25.1 Å². The number of anilines is 1. The molecule has 0 aliphatic rings. The van der Waals surface area contributed by atoms with Crippen LogP contribution in [0.1, 0.15) is 12.6 Å². The van der Waals surface area contributed by atoms with Crippen molar-refractivity contribution < 1.29 is 19.2 Å². The number of aromatic nitrogens is 1. The molecule has 1 amide bonds. The average Bonchev–Trinajstić information content (AvgIpc) is 3.16. The number of thiazole rings is 1. The Labute approximate surface area is 171 Å². The first kappa shape index (κ1) is 20.3. The molecule has 1 aromatic heterocycles. The van der Waals surface area contributed by atoms with Gasteiger partial charge in [-0.15, -0.1) is 11.3 Å². The Hall–Kier alpha value is -3.46. The largest absolute Gasteiger partial charge is 0.495 e. The average molecular weight is 413 g/mol. The normalized spacial score (nSPS) is 10.4. The number of para-hydroxylation sites is 1. The molecule has 0 bridgehead atoms. The molecule has 0 saturated heterocycles. The lowest BCUT2D eigenvalue weighted by atomic mass is 10.2. The summed E-state index contributed by atoms with van der Waals surface area (Å²) in [6, 6.07) is 11.6. The van der Waals surface area contributed by atoms with Gasteiger partial charge in [0.1, 0.15) is 16.5 Å². The summed E-state index contributed by atoms with van der Waals surface area (Å²) in [7, 11) is 1.43. The van der Waals surface area contributed by atoms with Crippen molar-refractivity contribution in [2.45, 2.75) is 13.3 Å². The number of hydrogen-bond acceptors (Lipinski definition) is 7. The van der Waals surface area contributed by atoms with Crippen molar-refractivity contribution in [3.05, 3.63) is 63.7 Å². The van der Waals surface area contributed by atoms with E-state index in [0.29, 0.717) is 18.1 Å². The number of nitrogens with one attached hydrogen (secondary N) is 1. The van der Waals surface area contributed by atoms with E-state index in [0.717, 1.165) is 16.3 Å². The summed E-state index contributed by atoms with van der Waals surface area (Å²) in [6.07, 6.45) is 0.0269. The number of nitro groups is 1. The van der Waals surface area contributed by atoms with Crippen LogP contribution in [0.4, 0.5) is 11.4 Å². The minimum absolute atomic E-state index is 0.0269. The lowest BCUT2D eigenvalue weighted by Gasteiger charge is -2.09. The van der Waals surface area contributed by atoms with Gasteiger partial charge in [-0.3, -0.25) is 14.9 Å². The van der Waals surface area contributed by atoms with Crippen molar-refractivity contribution in [2.24, 2.45) is 0 Å². The van der Waals surface area contributed by atoms with Crippen LogP contribution in [0, 0.1) is 10.1 Å². The first-order chi connectivity index (χ1) is 14.0. The van der Waals surface area contributed by atoms with Gasteiger partial charge in [0.2, 0.25) is 5.91 Å². The van der Waals surface area contributed by atoms with Gasteiger partial charge < -0.3 is 14.8 Å². The number of methoxy groups -OCH3 is 1. The van der Waals surface area contributed by atoms with Crippen LogP contribution in [-0.2, 0) is 11.2 Å². The zero-order chi connectivity index (χ0) is 20.8. The van der Waals surface area contributed by atoms with E-state index in [4.69, 9.17) is 9.47 Å². The molecule has 1 N–H and O–H groups in total. The Kier molecular flexibility index (Phi) is 6.40. The first-order valence-corrected chi connectivity index (χ1v) is 9.68. The number of carbonyl (C=O) groups is 1. The van der Waals surface area contributed by atoms with Crippen molar-refractivity contribution in [3.63, 3.8) is 0 Å². The summed E-state index contributed by atoms with van der Waals surface area (Å²) in [5.74, 6) is 0.731. The second-order valence-electron chi connectivity index (χ2n) is 5.94. The molecule has 0 unspecified atom stereocenters. The maximum atomic E-state index is 12.4. The van der Waals surface area contributed by atoms with E-state index >= 15 is 0 Å². The summed E-state index contributed by atoms with van der Waals surface area (Å²) < 4.78 is 10.8. The van der Waals surface area contributed by atoms with Gasteiger partial charge in [0.05, 0.1) is 42.0 Å². The van der Waals surface area contributed by atoms with Crippen molar-refractivity contribution in [3.8, 4) is 22.1 Å². The molecule has 3 rings (SSSR count). The molecule has 29 heavy (non-hydrogen) atoms. The second-order valence-corrected chi connectivity index (χ2v) is 6.80. The zero-order valence-electron chi connectivity index (χ0n) is 15.9. The summed E-state index contributed by atoms with van der Waals surface area (Å²) in [4.78, 5) is 27.4. The van der Waals surface area contributed by atoms with Gasteiger partial charge in [0.15, 0.2) is 0 Å². The summed E-state index contributed by atoms with van der Waals surface area (Å²) in [6.45, 7) is 2.46. The van der Waals surface area contributed by atoms with Crippen LogP contribution in [0.3, 0.4) is 0 Å². The summed E-state index contributed by atoms with van der Waals surface area (Å²) in [5.41, 5.74) is 1.57. The van der Waals surface area contributed by atoms with E-state index in [2.05, 4.69) is 10.3 Å². The Balaban J connectivity index is 1.75. The van der Waals surface area contributed by atoms with E-state index in [1.54, 1.807) is 0 Å². The summed E-state index contributed by atoms with van der Waals surface area (Å²) in [5, 5.41) is 16.2. The summed E-state index contributed by atoms with van der Waals surface area (Å²) >= 11 is 1.42. The Morgan fingerprint density at radius 3 is 2.76 bits per heavy atom. The van der Waals surface area contributed by atoms with E-state index in [1.807, 2.05) is 36.6 Å². The molecule has 0 fully saturated rings. The Morgan fingerprint density at radius 1 is 1.24 bits per heavy atom. The highest BCUT2D eigenvalue weighted by Crippen LogP contribution is 2.33. The molecule has 8 nitrogen and oxygen atoms in total. The maximum Gasteiger partial charge on any atom is 0.271 e. The monoisotopic (exact) mass is 413 g/mol. The lowest BCUT2D eigenvalue weighted by Crippen LogP contribution is -2.15. The molecule has 1 heterocycles. The van der Waals surface area contributed by atoms with Crippen LogP contribution in [0.15, 0.2) is 47.8 Å². The SMILES string of the molecule is CCOc1ccccc1-c1nc(CC(=O)Nc2cc([N+](=O)[O-])ccc2OC)cs1. The van der Waals surface area contributed by atoms with E-state index in [9.17, 15) is 14.9 Å².